The van der Waals surface area contributed by atoms with E-state index in [0.29, 0.717) is 22.7 Å². The summed E-state index contributed by atoms with van der Waals surface area (Å²) in [4.78, 5) is 49.4. The minimum absolute atomic E-state index is 0.133. The largest absolute Gasteiger partial charge is 0.476 e. The molecule has 0 aliphatic heterocycles. The molecule has 0 aliphatic carbocycles. The highest BCUT2D eigenvalue weighted by molar-refractivity contribution is 5.98. The summed E-state index contributed by atoms with van der Waals surface area (Å²) in [5.41, 5.74) is -2.77. The number of hydrogen-bond acceptors (Lipinski definition) is 7. The molecule has 0 atom stereocenters. The van der Waals surface area contributed by atoms with Gasteiger partial charge in [0.15, 0.2) is 0 Å². The zero-order chi connectivity index (χ0) is 27.0. The molecule has 0 aliphatic rings. The second-order valence-corrected chi connectivity index (χ2v) is 7.95. The van der Waals surface area contributed by atoms with Crippen LogP contribution in [0.1, 0.15) is 21.7 Å². The lowest BCUT2D eigenvalue weighted by molar-refractivity contribution is -0.137. The molecule has 0 saturated heterocycles. The number of benzene rings is 2. The lowest BCUT2D eigenvalue weighted by atomic mass is 10.1. The number of fused-ring (bicyclic) bond motifs is 2. The number of anilines is 1. The fourth-order valence-electron chi connectivity index (χ4n) is 3.77. The standard InChI is InChI=1S/C24H15F3N6O5/c25-24(26,27)14-7-17-18(30-20(22(35)36)21(34)31-17)8-19(14)33-9-12(29-11-33)10-38-23(37)32-16-5-6-28-15-4-2-1-3-13(15)16/h1-9,11H,10H2,(H,31,34)(H,35,36)(H,28,32,37). The highest BCUT2D eigenvalue weighted by atomic mass is 19.4. The molecule has 0 spiro atoms. The molecule has 0 fully saturated rings. The first-order valence-corrected chi connectivity index (χ1v) is 10.8. The number of halogens is 3. The molecule has 0 unspecified atom stereocenters. The quantitative estimate of drug-likeness (QED) is 0.311. The third kappa shape index (κ3) is 4.74. The highest BCUT2D eigenvalue weighted by Crippen LogP contribution is 2.35. The number of nitrogens with one attached hydrogen (secondary N) is 2. The predicted molar refractivity (Wildman–Crippen MR) is 127 cm³/mol. The van der Waals surface area contributed by atoms with Crippen LogP contribution in [0.3, 0.4) is 0 Å². The number of hydrogen-bond donors (Lipinski definition) is 3. The summed E-state index contributed by atoms with van der Waals surface area (Å²) in [6.07, 6.45) is -1.83. The first kappa shape index (κ1) is 24.4. The zero-order valence-corrected chi connectivity index (χ0v) is 19.0. The van der Waals surface area contributed by atoms with Crippen molar-refractivity contribution < 1.29 is 32.6 Å². The number of rotatable bonds is 5. The van der Waals surface area contributed by atoms with E-state index in [2.05, 4.69) is 25.3 Å². The number of pyridine rings is 1. The van der Waals surface area contributed by atoms with Gasteiger partial charge >= 0.3 is 18.2 Å². The fraction of sp³-hybridized carbons (Fsp3) is 0.0833. The fourth-order valence-corrected chi connectivity index (χ4v) is 3.77. The summed E-state index contributed by atoms with van der Waals surface area (Å²) in [6, 6.07) is 10.4. The van der Waals surface area contributed by atoms with E-state index < -0.39 is 40.7 Å². The van der Waals surface area contributed by atoms with E-state index in [1.165, 1.54) is 12.4 Å². The molecule has 0 radical (unpaired) electrons. The summed E-state index contributed by atoms with van der Waals surface area (Å²) < 4.78 is 47.7. The lowest BCUT2D eigenvalue weighted by Crippen LogP contribution is -2.20. The zero-order valence-electron chi connectivity index (χ0n) is 19.0. The van der Waals surface area contributed by atoms with E-state index in [-0.39, 0.29) is 23.3 Å². The van der Waals surface area contributed by atoms with E-state index in [1.54, 1.807) is 30.3 Å². The van der Waals surface area contributed by atoms with Crippen molar-refractivity contribution in [1.29, 1.82) is 0 Å². The molecule has 3 heterocycles. The number of alkyl halides is 3. The third-order valence-electron chi connectivity index (χ3n) is 5.47. The van der Waals surface area contributed by atoms with Crippen LogP contribution in [0.4, 0.5) is 23.7 Å². The van der Waals surface area contributed by atoms with Gasteiger partial charge in [0.05, 0.1) is 45.5 Å². The molecule has 38 heavy (non-hydrogen) atoms. The van der Waals surface area contributed by atoms with Crippen molar-refractivity contribution in [3.63, 3.8) is 0 Å². The highest BCUT2D eigenvalue weighted by Gasteiger charge is 2.35. The van der Waals surface area contributed by atoms with E-state index >= 15 is 0 Å². The van der Waals surface area contributed by atoms with Crippen LogP contribution in [-0.4, -0.2) is 41.7 Å². The van der Waals surface area contributed by atoms with Gasteiger partial charge in [0, 0.05) is 17.8 Å². The number of para-hydroxylation sites is 1. The molecule has 0 saturated carbocycles. The maximum Gasteiger partial charge on any atom is 0.418 e. The van der Waals surface area contributed by atoms with Gasteiger partial charge in [0.25, 0.3) is 5.56 Å². The smallest absolute Gasteiger partial charge is 0.418 e. The Kier molecular flexibility index (Phi) is 5.98. The number of ether oxygens (including phenoxy) is 1. The minimum Gasteiger partial charge on any atom is -0.476 e. The van der Waals surface area contributed by atoms with Gasteiger partial charge in [0.1, 0.15) is 6.61 Å². The summed E-state index contributed by atoms with van der Waals surface area (Å²) in [5, 5.41) is 12.4. The SMILES string of the molecule is O=C(Nc1ccnc2ccccc12)OCc1cn(-c2cc3nc(C(=O)O)c(=O)[nH]c3cc2C(F)(F)F)cn1. The molecule has 1 amide bonds. The van der Waals surface area contributed by atoms with Crippen LogP contribution in [0.2, 0.25) is 0 Å². The molecule has 5 rings (SSSR count). The number of nitrogens with zero attached hydrogens (tertiary/aromatic N) is 4. The van der Waals surface area contributed by atoms with Crippen LogP contribution in [-0.2, 0) is 17.5 Å². The second kappa shape index (κ2) is 9.31. The van der Waals surface area contributed by atoms with Gasteiger partial charge in [-0.2, -0.15) is 13.2 Å². The monoisotopic (exact) mass is 524 g/mol. The van der Waals surface area contributed by atoms with Gasteiger partial charge in [-0.3, -0.25) is 15.1 Å². The molecule has 3 N–H and O–H groups in total. The van der Waals surface area contributed by atoms with Crippen molar-refractivity contribution >= 4 is 39.7 Å². The van der Waals surface area contributed by atoms with E-state index in [9.17, 15) is 27.6 Å². The van der Waals surface area contributed by atoms with Crippen molar-refractivity contribution in [3.8, 4) is 5.69 Å². The van der Waals surface area contributed by atoms with Gasteiger partial charge in [0.2, 0.25) is 5.69 Å². The Morgan fingerprint density at radius 1 is 1.11 bits per heavy atom. The van der Waals surface area contributed by atoms with Crippen molar-refractivity contribution in [3.05, 3.63) is 88.5 Å². The van der Waals surface area contributed by atoms with E-state index in [0.717, 1.165) is 17.0 Å². The Morgan fingerprint density at radius 3 is 2.66 bits per heavy atom. The van der Waals surface area contributed by atoms with Crippen molar-refractivity contribution in [2.45, 2.75) is 12.8 Å². The molecule has 5 aromatic rings. The van der Waals surface area contributed by atoms with Crippen LogP contribution in [0.5, 0.6) is 0 Å². The van der Waals surface area contributed by atoms with Crippen molar-refractivity contribution in [2.75, 3.05) is 5.32 Å². The molecular weight excluding hydrogens is 509 g/mol. The number of imidazole rings is 1. The predicted octanol–water partition coefficient (Wildman–Crippen LogP) is 4.12. The Morgan fingerprint density at radius 2 is 1.89 bits per heavy atom. The van der Waals surface area contributed by atoms with Crippen LogP contribution in [0, 0.1) is 0 Å². The number of carbonyl (C=O) groups excluding carboxylic acids is 1. The van der Waals surface area contributed by atoms with Gasteiger partial charge in [-0.15, -0.1) is 0 Å². The number of carbonyl (C=O) groups is 2. The van der Waals surface area contributed by atoms with Crippen molar-refractivity contribution in [2.24, 2.45) is 0 Å². The number of H-pyrrole nitrogens is 1. The average molecular weight is 524 g/mol. The number of aromatic nitrogens is 5. The second-order valence-electron chi connectivity index (χ2n) is 7.95. The van der Waals surface area contributed by atoms with Crippen LogP contribution in [0.25, 0.3) is 27.6 Å². The Balaban J connectivity index is 1.40. The van der Waals surface area contributed by atoms with E-state index in [4.69, 9.17) is 9.84 Å². The Hall–Kier alpha value is -5.27. The lowest BCUT2D eigenvalue weighted by Gasteiger charge is -2.14. The number of amides is 1. The van der Waals surface area contributed by atoms with Gasteiger partial charge in [-0.05, 0) is 24.3 Å². The summed E-state index contributed by atoms with van der Waals surface area (Å²) >= 11 is 0. The van der Waals surface area contributed by atoms with Crippen LogP contribution < -0.4 is 10.9 Å². The van der Waals surface area contributed by atoms with Gasteiger partial charge in [-0.25, -0.2) is 19.6 Å². The van der Waals surface area contributed by atoms with Crippen LogP contribution >= 0.6 is 0 Å². The third-order valence-corrected chi connectivity index (χ3v) is 5.47. The number of aromatic amines is 1. The summed E-state index contributed by atoms with van der Waals surface area (Å²) in [6.45, 7) is -0.356. The van der Waals surface area contributed by atoms with E-state index in [1.807, 2.05) is 0 Å². The van der Waals surface area contributed by atoms with Gasteiger partial charge in [-0.1, -0.05) is 18.2 Å². The summed E-state index contributed by atoms with van der Waals surface area (Å²) in [5.74, 6) is -1.63. The topological polar surface area (TPSA) is 152 Å². The molecule has 3 aromatic heterocycles. The Bertz CT molecular complexity index is 1770. The number of carboxylic acids is 1. The number of carboxylic acid groups (broad SMARTS) is 1. The molecule has 0 bridgehead atoms. The first-order chi connectivity index (χ1) is 18.1. The minimum atomic E-state index is -4.83. The van der Waals surface area contributed by atoms with Gasteiger partial charge < -0.3 is 19.4 Å². The molecular formula is C24H15F3N6O5. The summed E-state index contributed by atoms with van der Waals surface area (Å²) in [7, 11) is 0. The van der Waals surface area contributed by atoms with Crippen LogP contribution in [0.15, 0.2) is 66.0 Å². The molecule has 2 aromatic carbocycles. The molecule has 192 valence electrons. The Labute approximate surface area is 209 Å². The molecule has 14 heteroatoms. The maximum absolute atomic E-state index is 13.8. The maximum atomic E-state index is 13.8. The normalized spacial score (nSPS) is 11.6. The number of aromatic carboxylic acids is 1. The van der Waals surface area contributed by atoms with Crippen molar-refractivity contribution in [1.82, 2.24) is 24.5 Å². The average Bonchev–Trinajstić information content (AvgIpc) is 3.35. The first-order valence-electron chi connectivity index (χ1n) is 10.8. The molecule has 11 nitrogen and oxygen atoms in total.